The van der Waals surface area contributed by atoms with E-state index in [1.807, 2.05) is 24.3 Å². The number of hydrogen-bond acceptors (Lipinski definition) is 5. The molecule has 0 aliphatic heterocycles. The number of anilines is 1. The second-order valence-electron chi connectivity index (χ2n) is 7.28. The Kier molecular flexibility index (Phi) is 3.32. The quantitative estimate of drug-likeness (QED) is 0.777. The van der Waals surface area contributed by atoms with Crippen molar-refractivity contribution in [3.8, 4) is 11.4 Å². The van der Waals surface area contributed by atoms with Crippen LogP contribution in [0.1, 0.15) is 36.3 Å². The predicted molar refractivity (Wildman–Crippen MR) is 96.3 cm³/mol. The molecule has 0 atom stereocenters. The number of hydrogen-bond donors (Lipinski definition) is 1. The average molecular weight is 336 g/mol. The molecule has 1 aliphatic rings. The van der Waals surface area contributed by atoms with Crippen LogP contribution in [0.3, 0.4) is 0 Å². The minimum absolute atomic E-state index is 0.0651. The molecule has 1 aromatic carbocycles. The molecule has 2 N–H and O–H groups in total. The number of nitrogens with two attached hydrogens (primary N) is 1. The highest BCUT2D eigenvalue weighted by molar-refractivity contribution is 6.09. The molecule has 1 aliphatic carbocycles. The summed E-state index contributed by atoms with van der Waals surface area (Å²) in [6.45, 7) is 4.16. The maximum Gasteiger partial charge on any atom is 0.167 e. The molecule has 2 heterocycles. The summed E-state index contributed by atoms with van der Waals surface area (Å²) in [5.41, 5.74) is 9.57. The van der Waals surface area contributed by atoms with Gasteiger partial charge >= 0.3 is 0 Å². The Labute approximate surface area is 145 Å². The highest BCUT2D eigenvalue weighted by atomic mass is 16.5. The number of carbonyl (C=O) groups excluding carboxylic acids is 1. The molecule has 128 valence electrons. The summed E-state index contributed by atoms with van der Waals surface area (Å²) in [6.07, 6.45) is 2.89. The van der Waals surface area contributed by atoms with Gasteiger partial charge in [0.2, 0.25) is 0 Å². The summed E-state index contributed by atoms with van der Waals surface area (Å²) in [7, 11) is 1.63. The number of aromatic nitrogens is 3. The Hall–Kier alpha value is -2.89. The maximum absolute atomic E-state index is 12.6. The van der Waals surface area contributed by atoms with Crippen LogP contribution < -0.4 is 10.5 Å². The zero-order valence-electron chi connectivity index (χ0n) is 14.5. The number of nitrogens with zero attached hydrogens (tertiary/aromatic N) is 3. The predicted octanol–water partition coefficient (Wildman–Crippen LogP) is 3.17. The van der Waals surface area contributed by atoms with Crippen LogP contribution in [0, 0.1) is 5.41 Å². The highest BCUT2D eigenvalue weighted by Crippen LogP contribution is 2.38. The number of nitrogen functional groups attached to an aromatic ring is 1. The first-order chi connectivity index (χ1) is 11.9. The van der Waals surface area contributed by atoms with Crippen LogP contribution >= 0.6 is 0 Å². The minimum atomic E-state index is -0.109. The second-order valence-corrected chi connectivity index (χ2v) is 7.28. The summed E-state index contributed by atoms with van der Waals surface area (Å²) in [5.74, 6) is 0.841. The molecule has 3 aromatic rings. The van der Waals surface area contributed by atoms with Crippen LogP contribution in [-0.4, -0.2) is 27.7 Å². The molecule has 6 nitrogen and oxygen atoms in total. The van der Waals surface area contributed by atoms with Gasteiger partial charge in [0.15, 0.2) is 11.4 Å². The van der Waals surface area contributed by atoms with Crippen LogP contribution in [0.5, 0.6) is 5.75 Å². The summed E-state index contributed by atoms with van der Waals surface area (Å²) in [6, 6.07) is 7.57. The van der Waals surface area contributed by atoms with Crippen molar-refractivity contribution in [3.05, 3.63) is 41.7 Å². The van der Waals surface area contributed by atoms with Crippen molar-refractivity contribution in [2.75, 3.05) is 12.8 Å². The third-order valence-electron chi connectivity index (χ3n) is 4.71. The Bertz CT molecular complexity index is 987. The number of rotatable bonds is 2. The van der Waals surface area contributed by atoms with E-state index in [4.69, 9.17) is 15.5 Å². The van der Waals surface area contributed by atoms with Gasteiger partial charge in [-0.2, -0.15) is 5.10 Å². The molecule has 0 fully saturated rings. The van der Waals surface area contributed by atoms with E-state index in [1.165, 1.54) is 0 Å². The zero-order valence-corrected chi connectivity index (χ0v) is 14.5. The normalized spacial score (nSPS) is 16.0. The first-order valence-electron chi connectivity index (χ1n) is 8.23. The lowest BCUT2D eigenvalue weighted by molar-refractivity contribution is 0.0912. The van der Waals surface area contributed by atoms with Crippen LogP contribution in [0.15, 0.2) is 30.5 Å². The Morgan fingerprint density at radius 3 is 2.60 bits per heavy atom. The van der Waals surface area contributed by atoms with Crippen molar-refractivity contribution >= 4 is 22.5 Å². The fraction of sp³-hybridized carbons (Fsp3) is 0.316. The fourth-order valence-corrected chi connectivity index (χ4v) is 3.50. The van der Waals surface area contributed by atoms with Gasteiger partial charge < -0.3 is 10.5 Å². The Morgan fingerprint density at radius 1 is 1.20 bits per heavy atom. The van der Waals surface area contributed by atoms with E-state index in [2.05, 4.69) is 18.9 Å². The van der Waals surface area contributed by atoms with E-state index < -0.39 is 0 Å². The topological polar surface area (TPSA) is 83.0 Å². The molecule has 0 bridgehead atoms. The summed E-state index contributed by atoms with van der Waals surface area (Å²) >= 11 is 0. The number of methoxy groups -OCH3 is 1. The van der Waals surface area contributed by atoms with Crippen molar-refractivity contribution in [2.45, 2.75) is 26.7 Å². The molecule has 0 saturated carbocycles. The summed E-state index contributed by atoms with van der Waals surface area (Å²) < 4.78 is 6.95. The van der Waals surface area contributed by atoms with Crippen molar-refractivity contribution < 1.29 is 9.53 Å². The van der Waals surface area contributed by atoms with Crippen molar-refractivity contribution in [1.82, 2.24) is 14.8 Å². The van der Waals surface area contributed by atoms with Crippen molar-refractivity contribution in [2.24, 2.45) is 5.41 Å². The second kappa shape index (κ2) is 5.31. The smallest absolute Gasteiger partial charge is 0.167 e. The molecule has 0 spiro atoms. The van der Waals surface area contributed by atoms with E-state index in [0.29, 0.717) is 28.7 Å². The Morgan fingerprint density at radius 2 is 1.92 bits per heavy atom. The van der Waals surface area contributed by atoms with Gasteiger partial charge in [-0.3, -0.25) is 4.79 Å². The maximum atomic E-state index is 12.6. The number of ether oxygens (including phenoxy) is 1. The SMILES string of the molecule is COc1ccc(-n2ncc3c(N)c4c(nc32)CC(C)(C)CC4=O)cc1. The van der Waals surface area contributed by atoms with Gasteiger partial charge in [-0.15, -0.1) is 0 Å². The lowest BCUT2D eigenvalue weighted by Gasteiger charge is -2.30. The molecule has 0 radical (unpaired) electrons. The number of ketones is 1. The lowest BCUT2D eigenvalue weighted by atomic mass is 9.75. The van der Waals surface area contributed by atoms with E-state index >= 15 is 0 Å². The molecule has 25 heavy (non-hydrogen) atoms. The van der Waals surface area contributed by atoms with Gasteiger partial charge in [0, 0.05) is 6.42 Å². The monoisotopic (exact) mass is 336 g/mol. The standard InChI is InChI=1S/C19H20N4O2/c1-19(2)8-14-16(15(24)9-19)17(20)13-10-21-23(18(13)22-14)11-4-6-12(25-3)7-5-11/h4-7,10H,8-9H2,1-3H3,(H2,20,22). The molecule has 2 aromatic heterocycles. The van der Waals surface area contributed by atoms with Crippen LogP contribution in [0.2, 0.25) is 0 Å². The fourth-order valence-electron chi connectivity index (χ4n) is 3.50. The van der Waals surface area contributed by atoms with Gasteiger partial charge in [0.25, 0.3) is 0 Å². The van der Waals surface area contributed by atoms with Crippen molar-refractivity contribution in [1.29, 1.82) is 0 Å². The number of Topliss-reactive ketones (excluding diaryl/α,β-unsaturated/α-hetero) is 1. The van der Waals surface area contributed by atoms with Gasteiger partial charge in [-0.25, -0.2) is 9.67 Å². The van der Waals surface area contributed by atoms with E-state index in [0.717, 1.165) is 23.6 Å². The van der Waals surface area contributed by atoms with Crippen LogP contribution in [-0.2, 0) is 6.42 Å². The van der Waals surface area contributed by atoms with Gasteiger partial charge in [-0.05, 0) is 36.1 Å². The molecule has 0 amide bonds. The van der Waals surface area contributed by atoms with E-state index in [-0.39, 0.29) is 11.2 Å². The molecule has 4 rings (SSSR count). The molecule has 0 saturated heterocycles. The first-order valence-corrected chi connectivity index (χ1v) is 8.23. The minimum Gasteiger partial charge on any atom is -0.497 e. The first kappa shape index (κ1) is 15.6. The third-order valence-corrected chi connectivity index (χ3v) is 4.71. The van der Waals surface area contributed by atoms with E-state index in [1.54, 1.807) is 18.0 Å². The number of benzene rings is 1. The average Bonchev–Trinajstić information content (AvgIpc) is 2.97. The lowest BCUT2D eigenvalue weighted by Crippen LogP contribution is -2.29. The number of carbonyl (C=O) groups is 1. The highest BCUT2D eigenvalue weighted by Gasteiger charge is 2.34. The Balaban J connectivity index is 1.92. The molecule has 0 unspecified atom stereocenters. The van der Waals surface area contributed by atoms with Crippen LogP contribution in [0.4, 0.5) is 5.69 Å². The molecular weight excluding hydrogens is 316 g/mol. The largest absolute Gasteiger partial charge is 0.497 e. The third kappa shape index (κ3) is 2.45. The van der Waals surface area contributed by atoms with Crippen LogP contribution in [0.25, 0.3) is 16.7 Å². The number of fused-ring (bicyclic) bond motifs is 2. The number of pyridine rings is 1. The summed E-state index contributed by atoms with van der Waals surface area (Å²) in [4.78, 5) is 17.3. The van der Waals surface area contributed by atoms with E-state index in [9.17, 15) is 4.79 Å². The zero-order chi connectivity index (χ0) is 17.8. The van der Waals surface area contributed by atoms with Gasteiger partial charge in [-0.1, -0.05) is 13.8 Å². The van der Waals surface area contributed by atoms with Crippen molar-refractivity contribution in [3.63, 3.8) is 0 Å². The van der Waals surface area contributed by atoms with Gasteiger partial charge in [0.05, 0.1) is 41.3 Å². The summed E-state index contributed by atoms with van der Waals surface area (Å²) in [5, 5.41) is 5.15. The molecular formula is C19H20N4O2. The molecule has 6 heteroatoms. The van der Waals surface area contributed by atoms with Gasteiger partial charge in [0.1, 0.15) is 5.75 Å².